The number of halogens is 2. The molecule has 8 heteroatoms. The fraction of sp³-hybridized carbons (Fsp3) is 0.217. The first-order valence-electron chi connectivity index (χ1n) is 9.86. The van der Waals surface area contributed by atoms with Crippen LogP contribution in [0.1, 0.15) is 16.3 Å². The maximum Gasteiger partial charge on any atom is 0.292 e. The first-order chi connectivity index (χ1) is 14.7. The van der Waals surface area contributed by atoms with Crippen molar-refractivity contribution in [3.05, 3.63) is 78.1 Å². The van der Waals surface area contributed by atoms with Gasteiger partial charge in [-0.3, -0.25) is 9.69 Å². The van der Waals surface area contributed by atoms with Crippen LogP contribution in [0.4, 0.5) is 4.39 Å². The molecular formula is C23H21ClFN3O3. The third kappa shape index (κ3) is 4.47. The molecule has 4 aromatic rings. The number of fused-ring (bicyclic) bond motifs is 1. The highest BCUT2D eigenvalue weighted by molar-refractivity contribution is 5.91. The Kier molecular flexibility index (Phi) is 6.06. The van der Waals surface area contributed by atoms with Gasteiger partial charge in [-0.1, -0.05) is 23.4 Å². The summed E-state index contributed by atoms with van der Waals surface area (Å²) < 4.78 is 24.5. The van der Waals surface area contributed by atoms with Gasteiger partial charge in [0.05, 0.1) is 12.7 Å². The van der Waals surface area contributed by atoms with Gasteiger partial charge in [0, 0.05) is 37.6 Å². The van der Waals surface area contributed by atoms with Crippen molar-refractivity contribution in [1.29, 1.82) is 0 Å². The molecule has 0 aliphatic carbocycles. The molecule has 1 fully saturated rings. The monoisotopic (exact) mass is 441 g/mol. The third-order valence-corrected chi connectivity index (χ3v) is 5.41. The average molecular weight is 442 g/mol. The molecule has 2 aromatic heterocycles. The number of piperazine rings is 1. The smallest absolute Gasteiger partial charge is 0.292 e. The van der Waals surface area contributed by atoms with Gasteiger partial charge >= 0.3 is 0 Å². The number of rotatable bonds is 4. The van der Waals surface area contributed by atoms with E-state index in [1.807, 2.05) is 30.3 Å². The summed E-state index contributed by atoms with van der Waals surface area (Å²) in [5.41, 5.74) is 2.60. The number of aromatic nitrogens is 1. The van der Waals surface area contributed by atoms with Crippen LogP contribution in [-0.2, 0) is 6.54 Å². The zero-order valence-corrected chi connectivity index (χ0v) is 17.5. The molecule has 1 aliphatic rings. The minimum atomic E-state index is -0.249. The van der Waals surface area contributed by atoms with Gasteiger partial charge in [-0.2, -0.15) is 0 Å². The number of amides is 1. The first kappa shape index (κ1) is 21.1. The normalized spacial score (nSPS) is 14.5. The van der Waals surface area contributed by atoms with Crippen LogP contribution in [0.2, 0.25) is 0 Å². The Hall–Kier alpha value is -3.16. The summed E-state index contributed by atoms with van der Waals surface area (Å²) in [6, 6.07) is 16.1. The van der Waals surface area contributed by atoms with Gasteiger partial charge in [0.25, 0.3) is 5.91 Å². The van der Waals surface area contributed by atoms with Gasteiger partial charge < -0.3 is 13.8 Å². The van der Waals surface area contributed by atoms with Crippen LogP contribution in [0.3, 0.4) is 0 Å². The second-order valence-electron chi connectivity index (χ2n) is 7.42. The van der Waals surface area contributed by atoms with Crippen LogP contribution in [-0.4, -0.2) is 47.0 Å². The third-order valence-electron chi connectivity index (χ3n) is 5.41. The van der Waals surface area contributed by atoms with Crippen molar-refractivity contribution in [3.63, 3.8) is 0 Å². The molecule has 160 valence electrons. The summed E-state index contributed by atoms with van der Waals surface area (Å²) in [6.07, 6.45) is 1.48. The van der Waals surface area contributed by atoms with E-state index in [-0.39, 0.29) is 29.9 Å². The fourth-order valence-electron chi connectivity index (χ4n) is 3.84. The zero-order valence-electron chi connectivity index (χ0n) is 16.7. The van der Waals surface area contributed by atoms with Crippen LogP contribution in [0, 0.1) is 5.82 Å². The molecule has 5 rings (SSSR count). The minimum absolute atomic E-state index is 0. The Morgan fingerprint density at radius 1 is 1.00 bits per heavy atom. The summed E-state index contributed by atoms with van der Waals surface area (Å²) in [6.45, 7) is 3.44. The highest BCUT2D eigenvalue weighted by atomic mass is 35.5. The van der Waals surface area contributed by atoms with E-state index in [0.29, 0.717) is 19.6 Å². The van der Waals surface area contributed by atoms with Gasteiger partial charge in [-0.15, -0.1) is 12.4 Å². The fourth-order valence-corrected chi connectivity index (χ4v) is 3.84. The molecular weight excluding hydrogens is 421 g/mol. The van der Waals surface area contributed by atoms with Crippen LogP contribution in [0.25, 0.3) is 22.1 Å². The van der Waals surface area contributed by atoms with Crippen LogP contribution < -0.4 is 0 Å². The van der Waals surface area contributed by atoms with Gasteiger partial charge in [-0.05, 0) is 41.5 Å². The van der Waals surface area contributed by atoms with E-state index in [4.69, 9.17) is 8.94 Å². The van der Waals surface area contributed by atoms with Crippen LogP contribution in [0.5, 0.6) is 0 Å². The Bertz CT molecular complexity index is 1180. The Morgan fingerprint density at radius 2 is 1.81 bits per heavy atom. The summed E-state index contributed by atoms with van der Waals surface area (Å²) in [4.78, 5) is 16.4. The standard InChI is InChI=1S/C23H20FN3O3.ClH/c24-19-3-1-2-16(13-19)17-4-5-21-18(12-17)14-20(29-21)15-26-8-10-27(11-9-26)23(28)22-6-7-25-30-22;/h1-7,12-14H,8-11,15H2;1H. The van der Waals surface area contributed by atoms with E-state index >= 15 is 0 Å². The highest BCUT2D eigenvalue weighted by Crippen LogP contribution is 2.28. The number of carbonyl (C=O) groups excluding carboxylic acids is 1. The highest BCUT2D eigenvalue weighted by Gasteiger charge is 2.24. The molecule has 0 radical (unpaired) electrons. The van der Waals surface area contributed by atoms with Gasteiger partial charge in [-0.25, -0.2) is 4.39 Å². The number of nitrogens with zero attached hydrogens (tertiary/aromatic N) is 3. The Balaban J connectivity index is 0.00000231. The van der Waals surface area contributed by atoms with Gasteiger partial charge in [0.15, 0.2) is 0 Å². The summed E-state index contributed by atoms with van der Waals surface area (Å²) in [5.74, 6) is 0.772. The maximum atomic E-state index is 13.5. The van der Waals surface area contributed by atoms with Crippen LogP contribution in [0.15, 0.2) is 69.7 Å². The zero-order chi connectivity index (χ0) is 20.5. The topological polar surface area (TPSA) is 62.7 Å². The lowest BCUT2D eigenvalue weighted by Gasteiger charge is -2.33. The predicted molar refractivity (Wildman–Crippen MR) is 117 cm³/mol. The molecule has 2 aromatic carbocycles. The van der Waals surface area contributed by atoms with Crippen molar-refractivity contribution in [2.75, 3.05) is 26.2 Å². The van der Waals surface area contributed by atoms with Crippen molar-refractivity contribution in [2.24, 2.45) is 0 Å². The summed E-state index contributed by atoms with van der Waals surface area (Å²) in [5, 5.41) is 4.59. The number of hydrogen-bond donors (Lipinski definition) is 0. The quantitative estimate of drug-likeness (QED) is 0.463. The molecule has 1 saturated heterocycles. The summed E-state index contributed by atoms with van der Waals surface area (Å²) in [7, 11) is 0. The van der Waals surface area contributed by atoms with E-state index in [0.717, 1.165) is 40.9 Å². The molecule has 6 nitrogen and oxygen atoms in total. The van der Waals surface area contributed by atoms with Gasteiger partial charge in [0.2, 0.25) is 5.76 Å². The summed E-state index contributed by atoms with van der Waals surface area (Å²) >= 11 is 0. The number of hydrogen-bond acceptors (Lipinski definition) is 5. The SMILES string of the molecule is Cl.O=C(c1ccno1)N1CCN(Cc2cc3cc(-c4cccc(F)c4)ccc3o2)CC1. The molecule has 1 aliphatic heterocycles. The molecule has 1 amide bonds. The van der Waals surface area contributed by atoms with Crippen molar-refractivity contribution in [3.8, 4) is 11.1 Å². The van der Waals surface area contributed by atoms with E-state index in [1.165, 1.54) is 18.3 Å². The van der Waals surface area contributed by atoms with Gasteiger partial charge in [0.1, 0.15) is 17.2 Å². The van der Waals surface area contributed by atoms with Crippen molar-refractivity contribution in [2.45, 2.75) is 6.54 Å². The van der Waals surface area contributed by atoms with Crippen molar-refractivity contribution in [1.82, 2.24) is 15.0 Å². The lowest BCUT2D eigenvalue weighted by atomic mass is 10.0. The Labute approximate surface area is 184 Å². The van der Waals surface area contributed by atoms with E-state index in [2.05, 4.69) is 10.1 Å². The minimum Gasteiger partial charge on any atom is -0.460 e. The predicted octanol–water partition coefficient (Wildman–Crippen LogP) is 4.61. The molecule has 31 heavy (non-hydrogen) atoms. The van der Waals surface area contributed by atoms with E-state index < -0.39 is 0 Å². The first-order valence-corrected chi connectivity index (χ1v) is 9.86. The van der Waals surface area contributed by atoms with E-state index in [9.17, 15) is 9.18 Å². The average Bonchev–Trinajstić information content (AvgIpc) is 3.43. The lowest BCUT2D eigenvalue weighted by molar-refractivity contribution is 0.0581. The molecule has 3 heterocycles. The second-order valence-corrected chi connectivity index (χ2v) is 7.42. The molecule has 0 bridgehead atoms. The number of furan rings is 1. The lowest BCUT2D eigenvalue weighted by Crippen LogP contribution is -2.48. The molecule has 0 atom stereocenters. The molecule has 0 spiro atoms. The van der Waals surface area contributed by atoms with E-state index in [1.54, 1.807) is 17.0 Å². The Morgan fingerprint density at radius 3 is 2.55 bits per heavy atom. The number of benzene rings is 2. The van der Waals surface area contributed by atoms with Crippen molar-refractivity contribution < 1.29 is 18.1 Å². The largest absolute Gasteiger partial charge is 0.460 e. The second kappa shape index (κ2) is 8.91. The number of carbonyl (C=O) groups is 1. The maximum absolute atomic E-state index is 13.5. The molecule has 0 unspecified atom stereocenters. The molecule has 0 saturated carbocycles. The van der Waals surface area contributed by atoms with Crippen molar-refractivity contribution >= 4 is 29.3 Å². The molecule has 0 N–H and O–H groups in total. The van der Waals surface area contributed by atoms with Crippen LogP contribution >= 0.6 is 12.4 Å².